The van der Waals surface area contributed by atoms with Crippen LogP contribution in [0, 0.1) is 11.3 Å². The molecule has 2 rings (SSSR count). The number of urea groups is 1. The van der Waals surface area contributed by atoms with Crippen molar-refractivity contribution in [1.29, 1.82) is 5.26 Å². The standard InChI is InChI=1S/C16H13N3O2/c17-11-14(12-7-3-1-4-8-12)18-16(21)19-15(20)13-9-5-2-6-10-13/h1-10,14H,(H2,18,19,20,21). The predicted molar refractivity (Wildman–Crippen MR) is 77.2 cm³/mol. The van der Waals surface area contributed by atoms with Gasteiger partial charge in [-0.15, -0.1) is 0 Å². The number of hydrogen-bond acceptors (Lipinski definition) is 3. The molecule has 0 aliphatic carbocycles. The number of imide groups is 1. The Kier molecular flexibility index (Phi) is 4.67. The maximum absolute atomic E-state index is 11.8. The highest BCUT2D eigenvalue weighted by Crippen LogP contribution is 2.10. The summed E-state index contributed by atoms with van der Waals surface area (Å²) >= 11 is 0. The molecule has 0 heterocycles. The summed E-state index contributed by atoms with van der Waals surface area (Å²) in [6, 6.07) is 17.7. The second kappa shape index (κ2) is 6.87. The third kappa shape index (κ3) is 3.91. The number of carbonyl (C=O) groups excluding carboxylic acids is 2. The molecule has 0 spiro atoms. The van der Waals surface area contributed by atoms with Gasteiger partial charge < -0.3 is 5.32 Å². The minimum atomic E-state index is -0.810. The van der Waals surface area contributed by atoms with Crippen LogP contribution in [0.2, 0.25) is 0 Å². The van der Waals surface area contributed by atoms with Crippen LogP contribution in [0.25, 0.3) is 0 Å². The topological polar surface area (TPSA) is 82.0 Å². The second-order valence-corrected chi connectivity index (χ2v) is 4.27. The predicted octanol–water partition coefficient (Wildman–Crippen LogP) is 2.39. The van der Waals surface area contributed by atoms with Gasteiger partial charge in [0, 0.05) is 5.56 Å². The Hall–Kier alpha value is -3.13. The van der Waals surface area contributed by atoms with Crippen LogP contribution in [-0.2, 0) is 0 Å². The van der Waals surface area contributed by atoms with Gasteiger partial charge in [-0.1, -0.05) is 48.5 Å². The highest BCUT2D eigenvalue weighted by Gasteiger charge is 2.15. The molecule has 0 radical (unpaired) electrons. The van der Waals surface area contributed by atoms with Crippen molar-refractivity contribution >= 4 is 11.9 Å². The summed E-state index contributed by atoms with van der Waals surface area (Å²) in [6.45, 7) is 0. The summed E-state index contributed by atoms with van der Waals surface area (Å²) in [5, 5.41) is 13.7. The first-order valence-corrected chi connectivity index (χ1v) is 6.32. The molecule has 1 unspecified atom stereocenters. The lowest BCUT2D eigenvalue weighted by molar-refractivity contribution is 0.0963. The quantitative estimate of drug-likeness (QED) is 0.905. The summed E-state index contributed by atoms with van der Waals surface area (Å²) in [6.07, 6.45) is 0. The van der Waals surface area contributed by atoms with Gasteiger partial charge in [-0.2, -0.15) is 5.26 Å². The number of nitriles is 1. The van der Waals surface area contributed by atoms with Crippen molar-refractivity contribution in [3.8, 4) is 6.07 Å². The minimum Gasteiger partial charge on any atom is -0.318 e. The van der Waals surface area contributed by atoms with Crippen molar-refractivity contribution in [2.24, 2.45) is 0 Å². The summed E-state index contributed by atoms with van der Waals surface area (Å²) in [4.78, 5) is 23.6. The Bertz CT molecular complexity index is 663. The molecule has 104 valence electrons. The molecular weight excluding hydrogens is 266 g/mol. The zero-order chi connectivity index (χ0) is 15.1. The fourth-order valence-electron chi connectivity index (χ4n) is 1.77. The lowest BCUT2D eigenvalue weighted by Gasteiger charge is -2.12. The van der Waals surface area contributed by atoms with Crippen molar-refractivity contribution in [1.82, 2.24) is 10.6 Å². The summed E-state index contributed by atoms with van der Waals surface area (Å²) in [7, 11) is 0. The first kappa shape index (κ1) is 14.3. The van der Waals surface area contributed by atoms with Gasteiger partial charge in [-0.05, 0) is 17.7 Å². The number of amides is 3. The SMILES string of the molecule is N#CC(NC(=O)NC(=O)c1ccccc1)c1ccccc1. The molecule has 5 heteroatoms. The maximum atomic E-state index is 11.8. The molecule has 21 heavy (non-hydrogen) atoms. The van der Waals surface area contributed by atoms with Crippen LogP contribution in [0.1, 0.15) is 22.0 Å². The minimum absolute atomic E-state index is 0.376. The number of nitrogens with zero attached hydrogens (tertiary/aromatic N) is 1. The van der Waals surface area contributed by atoms with Crippen molar-refractivity contribution < 1.29 is 9.59 Å². The largest absolute Gasteiger partial charge is 0.323 e. The average molecular weight is 279 g/mol. The number of rotatable bonds is 3. The van der Waals surface area contributed by atoms with Crippen LogP contribution in [0.15, 0.2) is 60.7 Å². The van der Waals surface area contributed by atoms with Crippen LogP contribution in [0.5, 0.6) is 0 Å². The smallest absolute Gasteiger partial charge is 0.318 e. The summed E-state index contributed by atoms with van der Waals surface area (Å²) < 4.78 is 0. The molecule has 0 aliphatic heterocycles. The van der Waals surface area contributed by atoms with Gasteiger partial charge in [0.15, 0.2) is 0 Å². The Morgan fingerprint density at radius 1 is 0.952 bits per heavy atom. The Labute approximate surface area is 122 Å². The highest BCUT2D eigenvalue weighted by molar-refractivity contribution is 6.04. The van der Waals surface area contributed by atoms with Gasteiger partial charge >= 0.3 is 6.03 Å². The van der Waals surface area contributed by atoms with Crippen LogP contribution >= 0.6 is 0 Å². The molecule has 0 saturated carbocycles. The molecule has 2 aromatic carbocycles. The molecule has 0 aromatic heterocycles. The Morgan fingerprint density at radius 3 is 2.10 bits per heavy atom. The van der Waals surface area contributed by atoms with E-state index in [9.17, 15) is 9.59 Å². The molecule has 2 N–H and O–H groups in total. The molecule has 5 nitrogen and oxygen atoms in total. The number of benzene rings is 2. The fourth-order valence-corrected chi connectivity index (χ4v) is 1.77. The van der Waals surface area contributed by atoms with E-state index in [1.54, 1.807) is 54.6 Å². The van der Waals surface area contributed by atoms with E-state index in [1.165, 1.54) is 0 Å². The fraction of sp³-hybridized carbons (Fsp3) is 0.0625. The highest BCUT2D eigenvalue weighted by atomic mass is 16.2. The molecule has 2 aromatic rings. The zero-order valence-electron chi connectivity index (χ0n) is 11.1. The van der Waals surface area contributed by atoms with Crippen molar-refractivity contribution in [3.63, 3.8) is 0 Å². The van der Waals surface area contributed by atoms with Gasteiger partial charge in [-0.3, -0.25) is 10.1 Å². The van der Waals surface area contributed by atoms with E-state index in [0.717, 1.165) is 0 Å². The van der Waals surface area contributed by atoms with Gasteiger partial charge in [0.05, 0.1) is 6.07 Å². The van der Waals surface area contributed by atoms with E-state index >= 15 is 0 Å². The van der Waals surface area contributed by atoms with E-state index < -0.39 is 18.0 Å². The number of nitrogens with one attached hydrogen (secondary N) is 2. The van der Waals surface area contributed by atoms with Crippen molar-refractivity contribution in [3.05, 3.63) is 71.8 Å². The normalized spacial score (nSPS) is 11.0. The van der Waals surface area contributed by atoms with E-state index in [0.29, 0.717) is 11.1 Å². The molecular formula is C16H13N3O2. The number of hydrogen-bond donors (Lipinski definition) is 2. The lowest BCUT2D eigenvalue weighted by Crippen LogP contribution is -2.40. The second-order valence-electron chi connectivity index (χ2n) is 4.27. The van der Waals surface area contributed by atoms with Crippen LogP contribution in [0.3, 0.4) is 0 Å². The van der Waals surface area contributed by atoms with Crippen molar-refractivity contribution in [2.75, 3.05) is 0 Å². The Balaban J connectivity index is 1.98. The Morgan fingerprint density at radius 2 is 1.52 bits per heavy atom. The van der Waals surface area contributed by atoms with Crippen molar-refractivity contribution in [2.45, 2.75) is 6.04 Å². The van der Waals surface area contributed by atoms with E-state index in [4.69, 9.17) is 5.26 Å². The third-order valence-electron chi connectivity index (χ3n) is 2.80. The van der Waals surface area contributed by atoms with Crippen LogP contribution in [-0.4, -0.2) is 11.9 Å². The molecule has 0 saturated heterocycles. The van der Waals surface area contributed by atoms with Gasteiger partial charge in [0.2, 0.25) is 0 Å². The van der Waals surface area contributed by atoms with E-state index in [2.05, 4.69) is 10.6 Å². The molecule has 3 amide bonds. The summed E-state index contributed by atoms with van der Waals surface area (Å²) in [5.41, 5.74) is 1.03. The van der Waals surface area contributed by atoms with E-state index in [-0.39, 0.29) is 0 Å². The number of carbonyl (C=O) groups is 2. The molecule has 0 bridgehead atoms. The monoisotopic (exact) mass is 279 g/mol. The van der Waals surface area contributed by atoms with Gasteiger partial charge in [0.1, 0.15) is 6.04 Å². The first-order chi connectivity index (χ1) is 10.2. The maximum Gasteiger partial charge on any atom is 0.323 e. The summed E-state index contributed by atoms with van der Waals surface area (Å²) in [5.74, 6) is -0.516. The first-order valence-electron chi connectivity index (χ1n) is 6.32. The third-order valence-corrected chi connectivity index (χ3v) is 2.80. The zero-order valence-corrected chi connectivity index (χ0v) is 11.1. The van der Waals surface area contributed by atoms with Crippen LogP contribution in [0.4, 0.5) is 4.79 Å². The molecule has 0 aliphatic rings. The molecule has 1 atom stereocenters. The van der Waals surface area contributed by atoms with E-state index in [1.807, 2.05) is 12.1 Å². The van der Waals surface area contributed by atoms with Crippen LogP contribution < -0.4 is 10.6 Å². The molecule has 0 fully saturated rings. The van der Waals surface area contributed by atoms with Gasteiger partial charge in [-0.25, -0.2) is 4.79 Å². The average Bonchev–Trinajstić information content (AvgIpc) is 2.54. The van der Waals surface area contributed by atoms with Gasteiger partial charge in [0.25, 0.3) is 5.91 Å². The lowest BCUT2D eigenvalue weighted by atomic mass is 10.1.